The van der Waals surface area contributed by atoms with Crippen LogP contribution in [0.1, 0.15) is 44.8 Å². The van der Waals surface area contributed by atoms with Gasteiger partial charge in [-0.05, 0) is 43.9 Å². The van der Waals surface area contributed by atoms with Crippen molar-refractivity contribution in [3.05, 3.63) is 58.7 Å². The Balaban J connectivity index is 1.69. The van der Waals surface area contributed by atoms with Crippen molar-refractivity contribution in [3.8, 4) is 0 Å². The highest BCUT2D eigenvalue weighted by atomic mass is 16.6. The first-order valence-electron chi connectivity index (χ1n) is 9.27. The van der Waals surface area contributed by atoms with Crippen molar-refractivity contribution in [2.45, 2.75) is 50.9 Å². The minimum Gasteiger partial charge on any atom is -0.452 e. The van der Waals surface area contributed by atoms with Gasteiger partial charge in [0.05, 0.1) is 0 Å². The van der Waals surface area contributed by atoms with Crippen molar-refractivity contribution >= 4 is 11.8 Å². The number of methoxy groups -OCH3 is 1. The standard InChI is InChI=1S/C22H24O5/c1-13-16-11-15(23)12-17(16)19(21(2,25)22(13)9-10-22)27-20(24)18(26-3)14-7-5-4-6-8-14/h4-8,12,18-19,25H,9-11H2,1-3H3/t18-,19-,21+/m0/s1. The average molecular weight is 368 g/mol. The summed E-state index contributed by atoms with van der Waals surface area (Å²) >= 11 is 0. The van der Waals surface area contributed by atoms with Crippen LogP contribution in [0.25, 0.3) is 0 Å². The largest absolute Gasteiger partial charge is 0.452 e. The molecule has 3 atom stereocenters. The van der Waals surface area contributed by atoms with Crippen LogP contribution in [0.4, 0.5) is 0 Å². The summed E-state index contributed by atoms with van der Waals surface area (Å²) in [7, 11) is 1.45. The lowest BCUT2D eigenvalue weighted by molar-refractivity contribution is -0.177. The maximum absolute atomic E-state index is 12.9. The monoisotopic (exact) mass is 368 g/mol. The highest BCUT2D eigenvalue weighted by molar-refractivity contribution is 5.98. The number of allylic oxidation sites excluding steroid dienone is 1. The summed E-state index contributed by atoms with van der Waals surface area (Å²) in [6.45, 7) is 3.70. The Labute approximate surface area is 158 Å². The number of benzene rings is 1. The van der Waals surface area contributed by atoms with Crippen molar-refractivity contribution in [1.29, 1.82) is 0 Å². The van der Waals surface area contributed by atoms with Gasteiger partial charge in [0.2, 0.25) is 0 Å². The minimum atomic E-state index is -1.26. The Hall–Kier alpha value is -2.24. The second kappa shape index (κ2) is 6.14. The molecule has 1 aromatic rings. The summed E-state index contributed by atoms with van der Waals surface area (Å²) in [4.78, 5) is 25.0. The van der Waals surface area contributed by atoms with E-state index in [1.54, 1.807) is 19.1 Å². The minimum absolute atomic E-state index is 0.0137. The van der Waals surface area contributed by atoms with E-state index in [-0.39, 0.29) is 5.78 Å². The van der Waals surface area contributed by atoms with Crippen molar-refractivity contribution < 1.29 is 24.2 Å². The van der Waals surface area contributed by atoms with Gasteiger partial charge in [0, 0.05) is 24.5 Å². The lowest BCUT2D eigenvalue weighted by Crippen LogP contribution is -2.54. The van der Waals surface area contributed by atoms with Crippen LogP contribution >= 0.6 is 0 Å². The third kappa shape index (κ3) is 2.60. The Morgan fingerprint density at radius 3 is 2.52 bits per heavy atom. The fraction of sp³-hybridized carbons (Fsp3) is 0.455. The Bertz CT molecular complexity index is 858. The summed E-state index contributed by atoms with van der Waals surface area (Å²) in [5.41, 5.74) is 1.63. The van der Waals surface area contributed by atoms with E-state index in [2.05, 4.69) is 0 Å². The maximum Gasteiger partial charge on any atom is 0.340 e. The van der Waals surface area contributed by atoms with Crippen LogP contribution in [0.15, 0.2) is 53.1 Å². The van der Waals surface area contributed by atoms with Gasteiger partial charge in [-0.15, -0.1) is 0 Å². The Morgan fingerprint density at radius 1 is 1.26 bits per heavy atom. The Kier molecular flexibility index (Phi) is 4.13. The van der Waals surface area contributed by atoms with Gasteiger partial charge in [0.25, 0.3) is 0 Å². The molecule has 1 fully saturated rings. The summed E-state index contributed by atoms with van der Waals surface area (Å²) in [6, 6.07) is 9.11. The molecule has 0 radical (unpaired) electrons. The second-order valence-corrected chi connectivity index (χ2v) is 7.92. The van der Waals surface area contributed by atoms with Crippen LogP contribution in [0.3, 0.4) is 0 Å². The summed E-state index contributed by atoms with van der Waals surface area (Å²) in [6.07, 6.45) is 1.74. The van der Waals surface area contributed by atoms with Gasteiger partial charge in [-0.1, -0.05) is 35.9 Å². The van der Waals surface area contributed by atoms with E-state index in [0.717, 1.165) is 24.0 Å². The number of esters is 1. The van der Waals surface area contributed by atoms with Crippen LogP contribution in [-0.4, -0.2) is 35.7 Å². The summed E-state index contributed by atoms with van der Waals surface area (Å²) in [5.74, 6) is -0.579. The van der Waals surface area contributed by atoms with Crippen LogP contribution in [0.2, 0.25) is 0 Å². The van der Waals surface area contributed by atoms with Crippen LogP contribution in [0.5, 0.6) is 0 Å². The molecular formula is C22H24O5. The van der Waals surface area contributed by atoms with E-state index in [4.69, 9.17) is 9.47 Å². The Morgan fingerprint density at radius 2 is 1.93 bits per heavy atom. The quantitative estimate of drug-likeness (QED) is 0.827. The van der Waals surface area contributed by atoms with E-state index in [9.17, 15) is 14.7 Å². The molecule has 1 saturated carbocycles. The van der Waals surface area contributed by atoms with Gasteiger partial charge in [0.15, 0.2) is 18.0 Å². The highest BCUT2D eigenvalue weighted by Crippen LogP contribution is 2.66. The van der Waals surface area contributed by atoms with E-state index in [0.29, 0.717) is 17.6 Å². The molecular weight excluding hydrogens is 344 g/mol. The fourth-order valence-electron chi connectivity index (χ4n) is 4.75. The predicted octanol–water partition coefficient (Wildman–Crippen LogP) is 3.05. The number of ketones is 1. The van der Waals surface area contributed by atoms with E-state index >= 15 is 0 Å². The van der Waals surface area contributed by atoms with Gasteiger partial charge in [-0.2, -0.15) is 0 Å². The van der Waals surface area contributed by atoms with Gasteiger partial charge >= 0.3 is 5.97 Å². The van der Waals surface area contributed by atoms with Crippen LogP contribution < -0.4 is 0 Å². The molecule has 0 aromatic heterocycles. The molecule has 1 aromatic carbocycles. The van der Waals surface area contributed by atoms with E-state index in [1.807, 2.05) is 25.1 Å². The first kappa shape index (κ1) is 18.1. The molecule has 27 heavy (non-hydrogen) atoms. The van der Waals surface area contributed by atoms with Crippen molar-refractivity contribution in [1.82, 2.24) is 0 Å². The number of rotatable bonds is 4. The maximum atomic E-state index is 12.9. The zero-order valence-corrected chi connectivity index (χ0v) is 15.8. The molecule has 3 aliphatic carbocycles. The highest BCUT2D eigenvalue weighted by Gasteiger charge is 2.66. The molecule has 0 heterocycles. The fourth-order valence-corrected chi connectivity index (χ4v) is 4.75. The van der Waals surface area contributed by atoms with Gasteiger partial charge in [0.1, 0.15) is 5.60 Å². The lowest BCUT2D eigenvalue weighted by atomic mass is 9.67. The molecule has 4 rings (SSSR count). The second-order valence-electron chi connectivity index (χ2n) is 7.92. The number of hydrogen-bond acceptors (Lipinski definition) is 5. The first-order valence-corrected chi connectivity index (χ1v) is 9.27. The third-order valence-electron chi connectivity index (χ3n) is 6.48. The van der Waals surface area contributed by atoms with Crippen molar-refractivity contribution in [2.24, 2.45) is 5.41 Å². The van der Waals surface area contributed by atoms with Gasteiger partial charge < -0.3 is 14.6 Å². The predicted molar refractivity (Wildman–Crippen MR) is 98.8 cm³/mol. The molecule has 0 amide bonds. The zero-order valence-electron chi connectivity index (χ0n) is 15.8. The normalized spacial score (nSPS) is 29.4. The smallest absolute Gasteiger partial charge is 0.340 e. The average Bonchev–Trinajstić information content (AvgIpc) is 3.37. The number of carbonyl (C=O) groups is 2. The number of ether oxygens (including phenoxy) is 2. The SMILES string of the molecule is CO[C@H](C(=O)O[C@H]1C2=CC(=O)CC2=C(C)C2(CC2)[C@]1(C)O)c1ccccc1. The number of aliphatic hydroxyl groups is 1. The van der Waals surface area contributed by atoms with Gasteiger partial charge in [-0.3, -0.25) is 4.79 Å². The molecule has 0 aliphatic heterocycles. The zero-order chi connectivity index (χ0) is 19.4. The van der Waals surface area contributed by atoms with E-state index in [1.165, 1.54) is 13.2 Å². The van der Waals surface area contributed by atoms with Crippen LogP contribution in [-0.2, 0) is 19.1 Å². The topological polar surface area (TPSA) is 72.8 Å². The number of hydrogen-bond donors (Lipinski definition) is 1. The molecule has 3 aliphatic rings. The van der Waals surface area contributed by atoms with Crippen molar-refractivity contribution in [3.63, 3.8) is 0 Å². The van der Waals surface area contributed by atoms with E-state index < -0.39 is 29.2 Å². The molecule has 1 spiro atoms. The summed E-state index contributed by atoms with van der Waals surface area (Å²) in [5, 5.41) is 11.4. The third-order valence-corrected chi connectivity index (χ3v) is 6.48. The van der Waals surface area contributed by atoms with Crippen molar-refractivity contribution in [2.75, 3.05) is 7.11 Å². The molecule has 0 saturated heterocycles. The molecule has 0 unspecified atom stereocenters. The first-order chi connectivity index (χ1) is 12.8. The molecule has 1 N–H and O–H groups in total. The molecule has 5 nitrogen and oxygen atoms in total. The molecule has 0 bridgehead atoms. The number of fused-ring (bicyclic) bond motifs is 1. The molecule has 142 valence electrons. The lowest BCUT2D eigenvalue weighted by Gasteiger charge is -2.45. The number of carbonyl (C=O) groups excluding carboxylic acids is 2. The molecule has 5 heteroatoms. The summed E-state index contributed by atoms with van der Waals surface area (Å²) < 4.78 is 11.2. The van der Waals surface area contributed by atoms with Crippen LogP contribution in [0, 0.1) is 5.41 Å². The van der Waals surface area contributed by atoms with Gasteiger partial charge in [-0.25, -0.2) is 4.79 Å².